The Balaban J connectivity index is 1.39. The van der Waals surface area contributed by atoms with Crippen molar-refractivity contribution in [3.63, 3.8) is 0 Å². The zero-order valence-electron chi connectivity index (χ0n) is 27.0. The summed E-state index contributed by atoms with van der Waals surface area (Å²) in [5.74, 6) is 2.62. The summed E-state index contributed by atoms with van der Waals surface area (Å²) in [6, 6.07) is 52.8. The van der Waals surface area contributed by atoms with E-state index in [0.29, 0.717) is 17.6 Å². The number of aromatic nitrogens is 4. The number of rotatable bonds is 5. The number of nitrogens with zero attached hydrogens (tertiary/aromatic N) is 4. The fourth-order valence-electron chi connectivity index (χ4n) is 7.25. The van der Waals surface area contributed by atoms with Crippen LogP contribution >= 0.6 is 11.3 Å². The van der Waals surface area contributed by atoms with Crippen LogP contribution in [0.4, 0.5) is 0 Å². The maximum atomic E-state index is 5.79. The van der Waals surface area contributed by atoms with Crippen LogP contribution in [-0.4, -0.2) is 26.6 Å². The van der Waals surface area contributed by atoms with Crippen LogP contribution in [0, 0.1) is 0 Å². The summed E-state index contributed by atoms with van der Waals surface area (Å²) in [5.41, 5.74) is 6.35. The van der Waals surface area contributed by atoms with Crippen molar-refractivity contribution in [2.24, 2.45) is 0 Å². The van der Waals surface area contributed by atoms with E-state index in [-0.39, 0.29) is 0 Å². The first-order valence-corrected chi connectivity index (χ1v) is 17.4. The van der Waals surface area contributed by atoms with Gasteiger partial charge in [-0.05, 0) is 52.2 Å². The molecule has 0 unspecified atom stereocenters. The Morgan fingerprint density at radius 2 is 1.10 bits per heavy atom. The van der Waals surface area contributed by atoms with E-state index >= 15 is 0 Å². The molecule has 0 aliphatic heterocycles. The molecule has 0 fully saturated rings. The molecular formula is C44H28N4OS. The molecule has 3 heterocycles. The molecule has 0 amide bonds. The Morgan fingerprint density at radius 3 is 1.74 bits per heavy atom. The molecule has 0 spiro atoms. The first-order valence-electron chi connectivity index (χ1n) is 16.6. The maximum Gasteiger partial charge on any atom is 0.238 e. The van der Waals surface area contributed by atoms with Gasteiger partial charge in [0.25, 0.3) is 0 Å². The molecule has 0 saturated carbocycles. The topological polar surface area (TPSA) is 52.8 Å². The highest BCUT2D eigenvalue weighted by atomic mass is 32.1. The summed E-state index contributed by atoms with van der Waals surface area (Å²) >= 11 is 1.82. The van der Waals surface area contributed by atoms with Crippen LogP contribution in [0.15, 0.2) is 152 Å². The van der Waals surface area contributed by atoms with Gasteiger partial charge in [0.1, 0.15) is 5.75 Å². The number of ether oxygens (including phenoxy) is 1. The van der Waals surface area contributed by atoms with Gasteiger partial charge in [0.05, 0.1) is 22.8 Å². The van der Waals surface area contributed by atoms with Crippen molar-refractivity contribution < 1.29 is 4.74 Å². The molecule has 0 N–H and O–H groups in total. The molecule has 0 atom stereocenters. The summed E-state index contributed by atoms with van der Waals surface area (Å²) < 4.78 is 10.5. The van der Waals surface area contributed by atoms with Crippen LogP contribution in [0.2, 0.25) is 0 Å². The molecule has 50 heavy (non-hydrogen) atoms. The number of hydrogen-bond acceptors (Lipinski definition) is 5. The van der Waals surface area contributed by atoms with Gasteiger partial charge >= 0.3 is 0 Å². The van der Waals surface area contributed by atoms with E-state index in [1.54, 1.807) is 7.11 Å². The van der Waals surface area contributed by atoms with E-state index in [0.717, 1.165) is 38.7 Å². The lowest BCUT2D eigenvalue weighted by atomic mass is 9.97. The average molecular weight is 661 g/mol. The van der Waals surface area contributed by atoms with Crippen LogP contribution < -0.4 is 4.74 Å². The third kappa shape index (κ3) is 4.42. The van der Waals surface area contributed by atoms with Gasteiger partial charge in [0.2, 0.25) is 5.95 Å². The predicted molar refractivity (Wildman–Crippen MR) is 207 cm³/mol. The minimum atomic E-state index is 0.571. The molecule has 0 saturated heterocycles. The minimum absolute atomic E-state index is 0.571. The number of methoxy groups -OCH3 is 1. The maximum absolute atomic E-state index is 5.79. The highest BCUT2D eigenvalue weighted by Gasteiger charge is 2.24. The van der Waals surface area contributed by atoms with E-state index in [2.05, 4.69) is 89.5 Å². The standard InChI is InChI=1S/C44H28N4OS/c1-49-31-22-23-36-34(26-31)38-32-19-11-12-20-33(32)39-35-25-30(27-13-5-2-6-14-27)21-24-37(35)50-41(39)40(38)48(36)44-46-42(28-15-7-3-8-16-28)45-43(47-44)29-17-9-4-10-18-29/h2-26H,1H3. The van der Waals surface area contributed by atoms with Gasteiger partial charge in [0, 0.05) is 37.4 Å². The van der Waals surface area contributed by atoms with Gasteiger partial charge in [-0.1, -0.05) is 121 Å². The molecule has 0 bridgehead atoms. The number of benzene rings is 7. The number of thiophene rings is 1. The summed E-state index contributed by atoms with van der Waals surface area (Å²) in [4.78, 5) is 15.5. The lowest BCUT2D eigenvalue weighted by molar-refractivity contribution is 0.415. The summed E-state index contributed by atoms with van der Waals surface area (Å²) in [6.07, 6.45) is 0. The second kappa shape index (κ2) is 11.4. The highest BCUT2D eigenvalue weighted by molar-refractivity contribution is 7.27. The Kier molecular flexibility index (Phi) is 6.51. The Bertz CT molecular complexity index is 2840. The molecule has 10 rings (SSSR count). The summed E-state index contributed by atoms with van der Waals surface area (Å²) in [6.45, 7) is 0. The van der Waals surface area contributed by atoms with Crippen LogP contribution in [0.1, 0.15) is 0 Å². The van der Waals surface area contributed by atoms with Gasteiger partial charge in [-0.15, -0.1) is 11.3 Å². The Hall–Kier alpha value is -6.37. The van der Waals surface area contributed by atoms with Crippen molar-refractivity contribution in [1.29, 1.82) is 0 Å². The minimum Gasteiger partial charge on any atom is -0.497 e. The highest BCUT2D eigenvalue weighted by Crippen LogP contribution is 2.48. The predicted octanol–water partition coefficient (Wildman–Crippen LogP) is 11.5. The quantitative estimate of drug-likeness (QED) is 0.184. The van der Waals surface area contributed by atoms with E-state index < -0.39 is 0 Å². The zero-order valence-corrected chi connectivity index (χ0v) is 27.9. The van der Waals surface area contributed by atoms with Gasteiger partial charge < -0.3 is 4.74 Å². The first-order chi connectivity index (χ1) is 24.7. The van der Waals surface area contributed by atoms with Crippen molar-refractivity contribution in [3.8, 4) is 45.6 Å². The van der Waals surface area contributed by atoms with Gasteiger partial charge in [-0.2, -0.15) is 9.97 Å². The monoisotopic (exact) mass is 660 g/mol. The normalized spacial score (nSPS) is 11.7. The number of fused-ring (bicyclic) bond motifs is 10. The summed E-state index contributed by atoms with van der Waals surface area (Å²) in [7, 11) is 1.72. The van der Waals surface area contributed by atoms with Gasteiger partial charge in [-0.3, -0.25) is 4.57 Å². The smallest absolute Gasteiger partial charge is 0.238 e. The molecule has 0 aliphatic rings. The largest absolute Gasteiger partial charge is 0.497 e. The van der Waals surface area contributed by atoms with Crippen molar-refractivity contribution in [2.45, 2.75) is 0 Å². The second-order valence-corrected chi connectivity index (χ2v) is 13.4. The van der Waals surface area contributed by atoms with Crippen molar-refractivity contribution in [2.75, 3.05) is 7.11 Å². The number of hydrogen-bond donors (Lipinski definition) is 0. The van der Waals surface area contributed by atoms with E-state index in [1.807, 2.05) is 78.1 Å². The van der Waals surface area contributed by atoms with Crippen LogP contribution in [0.25, 0.3) is 92.6 Å². The van der Waals surface area contributed by atoms with E-state index in [9.17, 15) is 0 Å². The van der Waals surface area contributed by atoms with Gasteiger partial charge in [0.15, 0.2) is 11.6 Å². The molecule has 10 aromatic rings. The zero-order chi connectivity index (χ0) is 33.2. The lowest BCUT2D eigenvalue weighted by Gasteiger charge is -2.12. The Morgan fingerprint density at radius 1 is 0.500 bits per heavy atom. The molecular weight excluding hydrogens is 633 g/mol. The van der Waals surface area contributed by atoms with Crippen LogP contribution in [0.5, 0.6) is 5.75 Å². The fraction of sp³-hybridized carbons (Fsp3) is 0.0227. The molecule has 236 valence electrons. The van der Waals surface area contributed by atoms with E-state index in [4.69, 9.17) is 19.7 Å². The van der Waals surface area contributed by atoms with E-state index in [1.165, 1.54) is 42.1 Å². The van der Waals surface area contributed by atoms with Gasteiger partial charge in [-0.25, -0.2) is 4.98 Å². The molecule has 3 aromatic heterocycles. The van der Waals surface area contributed by atoms with Crippen LogP contribution in [-0.2, 0) is 0 Å². The average Bonchev–Trinajstić information content (AvgIpc) is 3.75. The van der Waals surface area contributed by atoms with Crippen molar-refractivity contribution in [1.82, 2.24) is 19.5 Å². The van der Waals surface area contributed by atoms with Crippen LogP contribution in [0.3, 0.4) is 0 Å². The lowest BCUT2D eigenvalue weighted by Crippen LogP contribution is -2.06. The SMILES string of the molecule is COc1ccc2c(c1)c1c3ccccc3c3c4cc(-c5ccccc5)ccc4sc3c1n2-c1nc(-c2ccccc2)nc(-c2ccccc2)n1. The first kappa shape index (κ1) is 28.6. The summed E-state index contributed by atoms with van der Waals surface area (Å²) in [5, 5.41) is 7.12. The molecule has 7 aromatic carbocycles. The molecule has 0 radical (unpaired) electrons. The van der Waals surface area contributed by atoms with Crippen molar-refractivity contribution >= 4 is 64.1 Å². The molecule has 5 nitrogen and oxygen atoms in total. The molecule has 6 heteroatoms. The fourth-order valence-corrected chi connectivity index (χ4v) is 8.49. The van der Waals surface area contributed by atoms with Crippen molar-refractivity contribution in [3.05, 3.63) is 152 Å². The second-order valence-electron chi connectivity index (χ2n) is 12.4. The third-order valence-electron chi connectivity index (χ3n) is 9.54. The third-order valence-corrected chi connectivity index (χ3v) is 10.7. The Labute approximate surface area is 291 Å². The molecule has 0 aliphatic carbocycles.